The lowest BCUT2D eigenvalue weighted by Crippen LogP contribution is -2.22. The molecule has 1 aliphatic rings. The molecule has 1 amide bonds. The Hall–Kier alpha value is -3.41. The molecule has 4 rings (SSSR count). The Labute approximate surface area is 169 Å². The fraction of sp³-hybridized carbons (Fsp3) is 0.217. The second kappa shape index (κ2) is 7.91. The molecule has 1 aliphatic heterocycles. The van der Waals surface area contributed by atoms with Gasteiger partial charge in [-0.3, -0.25) is 4.79 Å². The SMILES string of the molecule is CCN1Cc2c(ccnc2N[C@@H](C)c2ccc(Oc3cccc(F)c3)cc2)C1=O. The number of hydrogen-bond acceptors (Lipinski definition) is 4. The summed E-state index contributed by atoms with van der Waals surface area (Å²) in [6.07, 6.45) is 1.67. The van der Waals surface area contributed by atoms with Crippen LogP contribution >= 0.6 is 0 Å². The van der Waals surface area contributed by atoms with Gasteiger partial charge in [0.15, 0.2) is 0 Å². The second-order valence-electron chi connectivity index (χ2n) is 7.00. The molecule has 0 spiro atoms. The van der Waals surface area contributed by atoms with E-state index in [9.17, 15) is 9.18 Å². The highest BCUT2D eigenvalue weighted by molar-refractivity contribution is 5.99. The van der Waals surface area contributed by atoms with Crippen LogP contribution in [0.4, 0.5) is 10.2 Å². The third kappa shape index (κ3) is 3.92. The number of carbonyl (C=O) groups is 1. The van der Waals surface area contributed by atoms with Crippen molar-refractivity contribution in [1.82, 2.24) is 9.88 Å². The molecule has 29 heavy (non-hydrogen) atoms. The average molecular weight is 391 g/mol. The topological polar surface area (TPSA) is 54.5 Å². The fourth-order valence-corrected chi connectivity index (χ4v) is 3.45. The molecule has 0 fully saturated rings. The molecular formula is C23H22FN3O2. The minimum absolute atomic E-state index is 0.0111. The molecule has 0 radical (unpaired) electrons. The average Bonchev–Trinajstić information content (AvgIpc) is 3.05. The summed E-state index contributed by atoms with van der Waals surface area (Å²) in [7, 11) is 0. The molecule has 0 aliphatic carbocycles. The van der Waals surface area contributed by atoms with Crippen LogP contribution < -0.4 is 10.1 Å². The van der Waals surface area contributed by atoms with Gasteiger partial charge >= 0.3 is 0 Å². The molecule has 1 atom stereocenters. The van der Waals surface area contributed by atoms with Crippen LogP contribution in [0.25, 0.3) is 0 Å². The summed E-state index contributed by atoms with van der Waals surface area (Å²) >= 11 is 0. The standard InChI is InChI=1S/C23H22FN3O2/c1-3-27-14-21-20(23(27)28)11-12-25-22(21)26-15(2)16-7-9-18(10-8-16)29-19-6-4-5-17(24)13-19/h4-13,15H,3,14H2,1-2H3,(H,25,26)/t15-/m0/s1. The highest BCUT2D eigenvalue weighted by Crippen LogP contribution is 2.30. The van der Waals surface area contributed by atoms with Crippen molar-refractivity contribution in [1.29, 1.82) is 0 Å². The second-order valence-corrected chi connectivity index (χ2v) is 7.00. The van der Waals surface area contributed by atoms with Crippen LogP contribution in [0.1, 0.15) is 41.4 Å². The molecule has 2 heterocycles. The summed E-state index contributed by atoms with van der Waals surface area (Å²) in [6, 6.07) is 15.4. The van der Waals surface area contributed by atoms with E-state index in [1.807, 2.05) is 38.1 Å². The number of nitrogens with zero attached hydrogens (tertiary/aromatic N) is 2. The lowest BCUT2D eigenvalue weighted by atomic mass is 10.1. The van der Waals surface area contributed by atoms with E-state index in [4.69, 9.17) is 4.74 Å². The first kappa shape index (κ1) is 18.9. The van der Waals surface area contributed by atoms with Gasteiger partial charge in [0.2, 0.25) is 0 Å². The molecule has 0 bridgehead atoms. The number of ether oxygens (including phenoxy) is 1. The lowest BCUT2D eigenvalue weighted by Gasteiger charge is -2.17. The Morgan fingerprint density at radius 1 is 1.17 bits per heavy atom. The zero-order valence-electron chi connectivity index (χ0n) is 16.4. The third-order valence-electron chi connectivity index (χ3n) is 5.07. The maximum Gasteiger partial charge on any atom is 0.254 e. The van der Waals surface area contributed by atoms with Crippen LogP contribution in [0.3, 0.4) is 0 Å². The monoisotopic (exact) mass is 391 g/mol. The van der Waals surface area contributed by atoms with Crippen molar-refractivity contribution in [3.63, 3.8) is 0 Å². The number of halogens is 1. The first-order chi connectivity index (χ1) is 14.0. The predicted molar refractivity (Wildman–Crippen MR) is 110 cm³/mol. The largest absolute Gasteiger partial charge is 0.457 e. The van der Waals surface area contributed by atoms with Crippen molar-refractivity contribution in [3.05, 3.63) is 83.3 Å². The molecular weight excluding hydrogens is 369 g/mol. The van der Waals surface area contributed by atoms with E-state index < -0.39 is 0 Å². The van der Waals surface area contributed by atoms with E-state index in [2.05, 4.69) is 10.3 Å². The van der Waals surface area contributed by atoms with Crippen molar-refractivity contribution in [2.24, 2.45) is 0 Å². The first-order valence-corrected chi connectivity index (χ1v) is 9.62. The van der Waals surface area contributed by atoms with Crippen molar-refractivity contribution < 1.29 is 13.9 Å². The van der Waals surface area contributed by atoms with Gasteiger partial charge in [0.05, 0.1) is 6.54 Å². The highest BCUT2D eigenvalue weighted by Gasteiger charge is 2.29. The number of rotatable bonds is 6. The van der Waals surface area contributed by atoms with Gasteiger partial charge in [0, 0.05) is 36.0 Å². The summed E-state index contributed by atoms with van der Waals surface area (Å²) in [5, 5.41) is 3.42. The van der Waals surface area contributed by atoms with Gasteiger partial charge in [-0.2, -0.15) is 0 Å². The molecule has 1 aromatic heterocycles. The van der Waals surface area contributed by atoms with Crippen molar-refractivity contribution >= 4 is 11.7 Å². The van der Waals surface area contributed by atoms with Crippen molar-refractivity contribution in [2.75, 3.05) is 11.9 Å². The third-order valence-corrected chi connectivity index (χ3v) is 5.07. The molecule has 6 heteroatoms. The van der Waals surface area contributed by atoms with E-state index in [0.29, 0.717) is 24.6 Å². The molecule has 5 nitrogen and oxygen atoms in total. The lowest BCUT2D eigenvalue weighted by molar-refractivity contribution is 0.0787. The summed E-state index contributed by atoms with van der Waals surface area (Å²) < 4.78 is 19.0. The maximum absolute atomic E-state index is 13.3. The number of amides is 1. The van der Waals surface area contributed by atoms with Crippen LogP contribution in [-0.2, 0) is 6.54 Å². The number of pyridine rings is 1. The van der Waals surface area contributed by atoms with Crippen LogP contribution in [0.15, 0.2) is 60.8 Å². The number of aromatic nitrogens is 1. The fourth-order valence-electron chi connectivity index (χ4n) is 3.45. The van der Waals surface area contributed by atoms with Gasteiger partial charge in [-0.05, 0) is 49.7 Å². The van der Waals surface area contributed by atoms with E-state index >= 15 is 0 Å². The summed E-state index contributed by atoms with van der Waals surface area (Å²) in [4.78, 5) is 18.6. The molecule has 148 valence electrons. The van der Waals surface area contributed by atoms with Crippen LogP contribution in [0, 0.1) is 5.82 Å². The Bertz CT molecular complexity index is 1040. The van der Waals surface area contributed by atoms with Gasteiger partial charge in [-0.25, -0.2) is 9.37 Å². The Morgan fingerprint density at radius 2 is 1.97 bits per heavy atom. The van der Waals surface area contributed by atoms with Gasteiger partial charge in [0.25, 0.3) is 5.91 Å². The van der Waals surface area contributed by atoms with E-state index in [0.717, 1.165) is 22.5 Å². The number of carbonyl (C=O) groups excluding carboxylic acids is 1. The van der Waals surface area contributed by atoms with E-state index in [1.165, 1.54) is 12.1 Å². The smallest absolute Gasteiger partial charge is 0.254 e. The molecule has 2 aromatic carbocycles. The molecule has 3 aromatic rings. The number of hydrogen-bond donors (Lipinski definition) is 1. The zero-order chi connectivity index (χ0) is 20.4. The van der Waals surface area contributed by atoms with E-state index in [-0.39, 0.29) is 17.8 Å². The van der Waals surface area contributed by atoms with Gasteiger partial charge in [-0.1, -0.05) is 18.2 Å². The number of nitrogens with one attached hydrogen (secondary N) is 1. The summed E-state index contributed by atoms with van der Waals surface area (Å²) in [5.74, 6) is 1.55. The minimum atomic E-state index is -0.333. The first-order valence-electron chi connectivity index (χ1n) is 9.62. The Morgan fingerprint density at radius 3 is 2.69 bits per heavy atom. The van der Waals surface area contributed by atoms with Crippen molar-refractivity contribution in [3.8, 4) is 11.5 Å². The summed E-state index contributed by atoms with van der Waals surface area (Å²) in [5.41, 5.74) is 2.71. The quantitative estimate of drug-likeness (QED) is 0.630. The highest BCUT2D eigenvalue weighted by atomic mass is 19.1. The molecule has 0 saturated heterocycles. The van der Waals surface area contributed by atoms with Crippen LogP contribution in [0.2, 0.25) is 0 Å². The summed E-state index contributed by atoms with van der Waals surface area (Å²) in [6.45, 7) is 5.27. The molecule has 1 N–H and O–H groups in total. The van der Waals surface area contributed by atoms with Gasteiger partial charge < -0.3 is 15.0 Å². The van der Waals surface area contributed by atoms with E-state index in [1.54, 1.807) is 29.3 Å². The Balaban J connectivity index is 1.47. The normalized spacial score (nSPS) is 13.9. The molecule has 0 unspecified atom stereocenters. The van der Waals surface area contributed by atoms with Crippen LogP contribution in [-0.4, -0.2) is 22.3 Å². The number of anilines is 1. The zero-order valence-corrected chi connectivity index (χ0v) is 16.4. The predicted octanol–water partition coefficient (Wildman–Crippen LogP) is 5.16. The van der Waals surface area contributed by atoms with Crippen molar-refractivity contribution in [2.45, 2.75) is 26.4 Å². The number of benzene rings is 2. The van der Waals surface area contributed by atoms with Gasteiger partial charge in [-0.15, -0.1) is 0 Å². The van der Waals surface area contributed by atoms with Crippen LogP contribution in [0.5, 0.6) is 11.5 Å². The number of fused-ring (bicyclic) bond motifs is 1. The van der Waals surface area contributed by atoms with Gasteiger partial charge in [0.1, 0.15) is 23.1 Å². The Kier molecular flexibility index (Phi) is 5.16. The molecule has 0 saturated carbocycles. The minimum Gasteiger partial charge on any atom is -0.457 e. The maximum atomic E-state index is 13.3.